The normalized spacial score (nSPS) is 11.9. The van der Waals surface area contributed by atoms with Crippen molar-refractivity contribution in [2.45, 2.75) is 11.8 Å². The minimum Gasteiger partial charge on any atom is -0.497 e. The second-order valence-electron chi connectivity index (χ2n) is 7.19. The van der Waals surface area contributed by atoms with Gasteiger partial charge in [0, 0.05) is 22.4 Å². The zero-order valence-corrected chi connectivity index (χ0v) is 17.3. The van der Waals surface area contributed by atoms with Crippen molar-refractivity contribution in [3.8, 4) is 11.5 Å². The molecule has 1 N–H and O–H groups in total. The summed E-state index contributed by atoms with van der Waals surface area (Å²) in [6, 6.07) is 22.0. The number of aromatic nitrogens is 1. The lowest BCUT2D eigenvalue weighted by molar-refractivity contribution is 0.415. The molecular formula is C24H19NO4S. The van der Waals surface area contributed by atoms with Crippen LogP contribution in [0.15, 0.2) is 77.7 Å². The number of H-pyrrole nitrogens is 1. The molecule has 0 aliphatic rings. The number of nitrogens with one attached hydrogen (secondary N) is 1. The van der Waals surface area contributed by atoms with E-state index in [1.54, 1.807) is 31.4 Å². The van der Waals surface area contributed by atoms with Gasteiger partial charge in [0.2, 0.25) is 0 Å². The molecular weight excluding hydrogens is 398 g/mol. The van der Waals surface area contributed by atoms with Crippen LogP contribution < -0.4 is 8.92 Å². The third kappa shape index (κ3) is 2.97. The van der Waals surface area contributed by atoms with Gasteiger partial charge in [0.1, 0.15) is 16.4 Å². The molecule has 4 aromatic carbocycles. The summed E-state index contributed by atoms with van der Waals surface area (Å²) in [5.41, 5.74) is 2.48. The lowest BCUT2D eigenvalue weighted by atomic mass is 10.1. The maximum atomic E-state index is 12.9. The summed E-state index contributed by atoms with van der Waals surface area (Å²) in [6.45, 7) is 1.85. The lowest BCUT2D eigenvalue weighted by Gasteiger charge is -2.11. The van der Waals surface area contributed by atoms with Crippen LogP contribution in [-0.2, 0) is 10.1 Å². The summed E-state index contributed by atoms with van der Waals surface area (Å²) in [5.74, 6) is 1.05. The van der Waals surface area contributed by atoms with Gasteiger partial charge < -0.3 is 13.9 Å². The molecule has 0 aliphatic carbocycles. The van der Waals surface area contributed by atoms with E-state index in [9.17, 15) is 8.42 Å². The lowest BCUT2D eigenvalue weighted by Crippen LogP contribution is -2.10. The number of fused-ring (bicyclic) bond motifs is 4. The molecule has 5 nitrogen and oxygen atoms in total. The van der Waals surface area contributed by atoms with E-state index >= 15 is 0 Å². The number of aromatic amines is 1. The first-order valence-electron chi connectivity index (χ1n) is 9.48. The molecule has 0 fully saturated rings. The summed E-state index contributed by atoms with van der Waals surface area (Å²) in [5, 5.41) is 3.86. The first kappa shape index (κ1) is 18.5. The van der Waals surface area contributed by atoms with E-state index in [0.717, 1.165) is 43.9 Å². The Kier molecular flexibility index (Phi) is 4.18. The van der Waals surface area contributed by atoms with E-state index < -0.39 is 10.1 Å². The molecule has 0 unspecified atom stereocenters. The highest BCUT2D eigenvalue weighted by Crippen LogP contribution is 2.35. The van der Waals surface area contributed by atoms with E-state index in [1.165, 1.54) is 0 Å². The van der Waals surface area contributed by atoms with E-state index in [4.69, 9.17) is 8.92 Å². The minimum absolute atomic E-state index is 0.127. The average Bonchev–Trinajstić information content (AvgIpc) is 3.13. The topological polar surface area (TPSA) is 68.4 Å². The molecule has 6 heteroatoms. The fourth-order valence-corrected chi connectivity index (χ4v) is 4.80. The van der Waals surface area contributed by atoms with Gasteiger partial charge in [-0.15, -0.1) is 0 Å². The quantitative estimate of drug-likeness (QED) is 0.389. The van der Waals surface area contributed by atoms with Gasteiger partial charge in [-0.1, -0.05) is 30.3 Å². The number of aryl methyl sites for hydroxylation is 1. The molecule has 0 bridgehead atoms. The van der Waals surface area contributed by atoms with E-state index in [2.05, 4.69) is 4.98 Å². The third-order valence-corrected chi connectivity index (χ3v) is 6.63. The van der Waals surface area contributed by atoms with Crippen LogP contribution >= 0.6 is 0 Å². The van der Waals surface area contributed by atoms with Crippen LogP contribution in [0.2, 0.25) is 0 Å². The second kappa shape index (κ2) is 6.78. The molecule has 0 atom stereocenters. The maximum Gasteiger partial charge on any atom is 0.339 e. The second-order valence-corrected chi connectivity index (χ2v) is 8.74. The van der Waals surface area contributed by atoms with Crippen molar-refractivity contribution >= 4 is 42.7 Å². The first-order valence-corrected chi connectivity index (χ1v) is 10.9. The van der Waals surface area contributed by atoms with Crippen molar-refractivity contribution in [1.29, 1.82) is 0 Å². The Bertz CT molecular complexity index is 1530. The molecule has 150 valence electrons. The van der Waals surface area contributed by atoms with Crippen LogP contribution in [0.3, 0.4) is 0 Å². The molecule has 5 rings (SSSR count). The zero-order chi connectivity index (χ0) is 20.9. The molecule has 0 radical (unpaired) electrons. The van der Waals surface area contributed by atoms with Crippen molar-refractivity contribution in [3.05, 3.63) is 78.4 Å². The smallest absolute Gasteiger partial charge is 0.339 e. The molecule has 0 amide bonds. The Hall–Kier alpha value is -3.51. The Morgan fingerprint density at radius 1 is 0.833 bits per heavy atom. The van der Waals surface area contributed by atoms with Gasteiger partial charge in [-0.2, -0.15) is 8.42 Å². The van der Waals surface area contributed by atoms with E-state index in [0.29, 0.717) is 5.75 Å². The average molecular weight is 417 g/mol. The third-order valence-electron chi connectivity index (χ3n) is 5.40. The predicted octanol–water partition coefficient (Wildman–Crippen LogP) is 5.56. The van der Waals surface area contributed by atoms with Gasteiger partial charge >= 0.3 is 10.1 Å². The first-order chi connectivity index (χ1) is 14.5. The molecule has 0 saturated carbocycles. The highest BCUT2D eigenvalue weighted by atomic mass is 32.2. The van der Waals surface area contributed by atoms with Crippen LogP contribution in [0, 0.1) is 6.92 Å². The van der Waals surface area contributed by atoms with Crippen molar-refractivity contribution in [1.82, 2.24) is 4.98 Å². The largest absolute Gasteiger partial charge is 0.497 e. The highest BCUT2D eigenvalue weighted by molar-refractivity contribution is 7.87. The molecule has 0 spiro atoms. The fourth-order valence-electron chi connectivity index (χ4n) is 3.78. The van der Waals surface area contributed by atoms with Gasteiger partial charge in [0.25, 0.3) is 0 Å². The van der Waals surface area contributed by atoms with E-state index in [-0.39, 0.29) is 4.90 Å². The minimum atomic E-state index is -3.97. The van der Waals surface area contributed by atoms with E-state index in [1.807, 2.05) is 55.5 Å². The SMILES string of the molecule is COc1ccc2c(c1)[nH]c1c(C)c(OS(=O)(=O)c3ccc4ccccc4c3)ccc12. The molecule has 1 aromatic heterocycles. The number of hydrogen-bond donors (Lipinski definition) is 1. The predicted molar refractivity (Wildman–Crippen MR) is 119 cm³/mol. The van der Waals surface area contributed by atoms with Gasteiger partial charge in [-0.05, 0) is 54.1 Å². The van der Waals surface area contributed by atoms with Crippen molar-refractivity contribution in [2.75, 3.05) is 7.11 Å². The Balaban J connectivity index is 1.58. The summed E-state index contributed by atoms with van der Waals surface area (Å²) in [4.78, 5) is 3.48. The molecule has 1 heterocycles. The van der Waals surface area contributed by atoms with Gasteiger partial charge in [0.05, 0.1) is 18.1 Å². The number of methoxy groups -OCH3 is 1. The number of benzene rings is 4. The van der Waals surface area contributed by atoms with Crippen molar-refractivity contribution in [3.63, 3.8) is 0 Å². The Morgan fingerprint density at radius 3 is 2.40 bits per heavy atom. The molecule has 0 aliphatic heterocycles. The van der Waals surface area contributed by atoms with Crippen molar-refractivity contribution in [2.24, 2.45) is 0 Å². The van der Waals surface area contributed by atoms with Crippen LogP contribution in [-0.4, -0.2) is 20.5 Å². The summed E-state index contributed by atoms with van der Waals surface area (Å²) in [7, 11) is -2.35. The van der Waals surface area contributed by atoms with Gasteiger partial charge in [0.15, 0.2) is 0 Å². The summed E-state index contributed by atoms with van der Waals surface area (Å²) < 4.78 is 36.7. The number of ether oxygens (including phenoxy) is 1. The zero-order valence-electron chi connectivity index (χ0n) is 16.5. The van der Waals surface area contributed by atoms with Gasteiger partial charge in [-0.25, -0.2) is 0 Å². The fraction of sp³-hybridized carbons (Fsp3) is 0.0833. The van der Waals surface area contributed by atoms with Crippen molar-refractivity contribution < 1.29 is 17.3 Å². The standard InChI is InChI=1S/C24H19NO4S/c1-15-23(12-11-21-20-10-8-18(28-2)14-22(20)25-24(15)21)29-30(26,27)19-9-7-16-5-3-4-6-17(16)13-19/h3-14,25H,1-2H3. The highest BCUT2D eigenvalue weighted by Gasteiger charge is 2.20. The van der Waals surface area contributed by atoms with Crippen LogP contribution in [0.5, 0.6) is 11.5 Å². The monoisotopic (exact) mass is 417 g/mol. The molecule has 5 aromatic rings. The Labute approximate surface area is 174 Å². The number of hydrogen-bond acceptors (Lipinski definition) is 4. The Morgan fingerprint density at radius 2 is 1.60 bits per heavy atom. The van der Waals surface area contributed by atoms with Gasteiger partial charge in [-0.3, -0.25) is 0 Å². The van der Waals surface area contributed by atoms with Crippen LogP contribution in [0.4, 0.5) is 0 Å². The maximum absolute atomic E-state index is 12.9. The molecule has 30 heavy (non-hydrogen) atoms. The summed E-state index contributed by atoms with van der Waals surface area (Å²) in [6.07, 6.45) is 0. The molecule has 0 saturated heterocycles. The van der Waals surface area contributed by atoms with Crippen LogP contribution in [0.1, 0.15) is 5.56 Å². The van der Waals surface area contributed by atoms with Crippen LogP contribution in [0.25, 0.3) is 32.6 Å². The number of rotatable bonds is 4. The summed E-state index contributed by atoms with van der Waals surface area (Å²) >= 11 is 0.